The van der Waals surface area contributed by atoms with Crippen molar-refractivity contribution in [3.05, 3.63) is 125 Å². The van der Waals surface area contributed by atoms with Crippen LogP contribution in [-0.2, 0) is 39.8 Å². The van der Waals surface area contributed by atoms with E-state index < -0.39 is 72.2 Å². The number of rotatable bonds is 8. The van der Waals surface area contributed by atoms with Gasteiger partial charge in [-0.05, 0) is 48.2 Å². The molecule has 0 aromatic heterocycles. The number of nitrogens with zero attached hydrogens (tertiary/aromatic N) is 2. The molecule has 11 nitrogen and oxygen atoms in total. The Bertz CT molecular complexity index is 1870. The Morgan fingerprint density at radius 1 is 0.962 bits per heavy atom. The van der Waals surface area contributed by atoms with Crippen molar-refractivity contribution >= 4 is 41.0 Å². The van der Waals surface area contributed by atoms with Crippen LogP contribution in [0.1, 0.15) is 30.1 Å². The third-order valence-corrected chi connectivity index (χ3v) is 10.8. The summed E-state index contributed by atoms with van der Waals surface area (Å²) in [6.45, 7) is -0.293. The van der Waals surface area contributed by atoms with Crippen LogP contribution in [-0.4, -0.2) is 90.4 Å². The molecule has 2 fully saturated rings. The number of aliphatic hydroxyl groups excluding tert-OH is 1. The normalized spacial score (nSPS) is 29.9. The van der Waals surface area contributed by atoms with E-state index in [0.29, 0.717) is 22.7 Å². The minimum Gasteiger partial charge on any atom is -0.455 e. The summed E-state index contributed by atoms with van der Waals surface area (Å²) in [4.78, 5) is 61.0. The van der Waals surface area contributed by atoms with E-state index in [0.717, 1.165) is 5.56 Å². The van der Waals surface area contributed by atoms with E-state index in [1.165, 1.54) is 12.0 Å². The number of amides is 3. The molecule has 7 rings (SSSR count). The number of methoxy groups -OCH3 is 1. The number of carbonyl (C=O) groups is 4. The second-order valence-electron chi connectivity index (χ2n) is 13.8. The summed E-state index contributed by atoms with van der Waals surface area (Å²) in [7, 11) is 1.50. The monoisotopic (exact) mass is 739 g/mol. The van der Waals surface area contributed by atoms with Crippen LogP contribution >= 0.6 is 11.6 Å². The van der Waals surface area contributed by atoms with Crippen molar-refractivity contribution in [3.8, 4) is 0 Å². The Labute approximate surface area is 313 Å². The van der Waals surface area contributed by atoms with Crippen LogP contribution < -0.4 is 10.2 Å². The zero-order chi connectivity index (χ0) is 37.1. The van der Waals surface area contributed by atoms with Crippen molar-refractivity contribution in [3.63, 3.8) is 0 Å². The fourth-order valence-electron chi connectivity index (χ4n) is 8.18. The highest BCUT2D eigenvalue weighted by atomic mass is 35.5. The highest BCUT2D eigenvalue weighted by Crippen LogP contribution is 2.56. The summed E-state index contributed by atoms with van der Waals surface area (Å²) in [6, 6.07) is 22.4. The lowest BCUT2D eigenvalue weighted by atomic mass is 9.74. The van der Waals surface area contributed by atoms with Gasteiger partial charge in [0.25, 0.3) is 5.91 Å². The van der Waals surface area contributed by atoms with E-state index in [4.69, 9.17) is 25.8 Å². The first-order valence-electron chi connectivity index (χ1n) is 17.9. The highest BCUT2D eigenvalue weighted by Gasteiger charge is 2.74. The topological polar surface area (TPSA) is 135 Å². The van der Waals surface area contributed by atoms with Gasteiger partial charge in [-0.3, -0.25) is 19.2 Å². The van der Waals surface area contributed by atoms with Gasteiger partial charge in [-0.25, -0.2) is 0 Å². The summed E-state index contributed by atoms with van der Waals surface area (Å²) >= 11 is 6.24. The SMILES string of the molecule is COC[C@H]1NC(=O)CC/C=C\CN(c2ccc(Cl)cc2)C(=O)[C@@H]2N([C@@H](CO)Cc3ccccc3)C(=O)[C@H]3[C@H](C(=O)O[C@@H]1c1ccccc1)[C@@H]1C=C[C@]23O1. The molecule has 4 aliphatic heterocycles. The van der Waals surface area contributed by atoms with E-state index in [1.807, 2.05) is 54.6 Å². The number of halogens is 1. The van der Waals surface area contributed by atoms with Crippen LogP contribution in [0.2, 0.25) is 5.02 Å². The minimum atomic E-state index is -1.53. The van der Waals surface area contributed by atoms with E-state index >= 15 is 4.79 Å². The number of allylic oxidation sites excluding steroid dienone is 1. The Morgan fingerprint density at radius 2 is 1.68 bits per heavy atom. The van der Waals surface area contributed by atoms with Crippen molar-refractivity contribution in [1.82, 2.24) is 10.2 Å². The molecular weight excluding hydrogens is 698 g/mol. The van der Waals surface area contributed by atoms with Gasteiger partial charge in [0.2, 0.25) is 11.8 Å². The Kier molecular flexibility index (Phi) is 10.8. The predicted molar refractivity (Wildman–Crippen MR) is 197 cm³/mol. The first-order valence-corrected chi connectivity index (χ1v) is 18.2. The molecule has 53 heavy (non-hydrogen) atoms. The standard InChI is InChI=1S/C41H42ClN3O8/c1-51-25-31-36(27-13-7-3-8-14-27)52-40(50)34-32-20-21-41(53-32)35(34)38(48)45(30(24-46)23-26-11-5-2-6-12-26)37(41)39(49)44(29-18-16-28(42)17-19-29)22-10-4-9-15-33(47)43-31/h2-8,10-14,16-21,30-32,34-37,46H,9,15,22-25H2,1H3,(H,43,47)/b10-4-/t30-,31-,32+,34-,35-,36-,37+,41-/m1/s1. The number of likely N-dealkylation sites (tertiary alicyclic amines) is 1. The van der Waals surface area contributed by atoms with E-state index in [9.17, 15) is 19.5 Å². The zero-order valence-electron chi connectivity index (χ0n) is 29.3. The van der Waals surface area contributed by atoms with E-state index in [2.05, 4.69) is 5.32 Å². The largest absolute Gasteiger partial charge is 0.455 e. The third-order valence-electron chi connectivity index (χ3n) is 10.6. The lowest BCUT2D eigenvalue weighted by Gasteiger charge is -2.39. The number of carbonyl (C=O) groups excluding carboxylic acids is 4. The molecule has 4 aliphatic rings. The van der Waals surface area contributed by atoms with Gasteiger partial charge in [-0.15, -0.1) is 0 Å². The first-order chi connectivity index (χ1) is 25.8. The first kappa shape index (κ1) is 36.5. The summed E-state index contributed by atoms with van der Waals surface area (Å²) in [5, 5.41) is 14.4. The molecule has 0 radical (unpaired) electrons. The van der Waals surface area contributed by atoms with Crippen LogP contribution in [0.5, 0.6) is 0 Å². The summed E-state index contributed by atoms with van der Waals surface area (Å²) in [6.07, 6.45) is 6.02. The maximum Gasteiger partial charge on any atom is 0.313 e. The molecule has 12 heteroatoms. The van der Waals surface area contributed by atoms with Gasteiger partial charge >= 0.3 is 5.97 Å². The second-order valence-corrected chi connectivity index (χ2v) is 14.2. The van der Waals surface area contributed by atoms with Gasteiger partial charge in [0, 0.05) is 30.8 Å². The van der Waals surface area contributed by atoms with Crippen molar-refractivity contribution < 1.29 is 38.5 Å². The summed E-state index contributed by atoms with van der Waals surface area (Å²) < 4.78 is 18.4. The molecule has 3 aromatic carbocycles. The number of nitrogens with one attached hydrogen (secondary N) is 1. The molecule has 5 bridgehead atoms. The van der Waals surface area contributed by atoms with Crippen LogP contribution in [0.4, 0.5) is 5.69 Å². The van der Waals surface area contributed by atoms with Gasteiger partial charge in [-0.2, -0.15) is 0 Å². The van der Waals surface area contributed by atoms with Gasteiger partial charge < -0.3 is 34.4 Å². The average Bonchev–Trinajstić information content (AvgIpc) is 3.82. The Morgan fingerprint density at radius 3 is 2.38 bits per heavy atom. The molecule has 3 amide bonds. The number of cyclic esters (lactones) is 1. The molecule has 4 heterocycles. The molecule has 276 valence electrons. The van der Waals surface area contributed by atoms with Gasteiger partial charge in [0.05, 0.1) is 37.3 Å². The van der Waals surface area contributed by atoms with Crippen LogP contribution in [0.3, 0.4) is 0 Å². The molecule has 2 N–H and O–H groups in total. The molecule has 3 aromatic rings. The predicted octanol–water partition coefficient (Wildman–Crippen LogP) is 4.19. The number of hydrogen-bond acceptors (Lipinski definition) is 8. The van der Waals surface area contributed by atoms with Crippen molar-refractivity contribution in [1.29, 1.82) is 0 Å². The molecule has 2 saturated heterocycles. The van der Waals surface area contributed by atoms with Crippen molar-refractivity contribution in [2.75, 3.05) is 31.8 Å². The van der Waals surface area contributed by atoms with Gasteiger partial charge in [0.15, 0.2) is 0 Å². The second kappa shape index (κ2) is 15.7. The van der Waals surface area contributed by atoms with Crippen LogP contribution in [0.25, 0.3) is 0 Å². The van der Waals surface area contributed by atoms with Crippen molar-refractivity contribution in [2.45, 2.75) is 55.2 Å². The smallest absolute Gasteiger partial charge is 0.313 e. The number of aliphatic hydroxyl groups is 1. The maximum atomic E-state index is 15.2. The fraction of sp³-hybridized carbons (Fsp3) is 0.366. The average molecular weight is 740 g/mol. The molecule has 0 aliphatic carbocycles. The van der Waals surface area contributed by atoms with Gasteiger partial charge in [0.1, 0.15) is 23.7 Å². The number of fused-ring (bicyclic) bond motifs is 2. The molecule has 1 spiro atoms. The maximum absolute atomic E-state index is 15.2. The highest BCUT2D eigenvalue weighted by molar-refractivity contribution is 6.30. The van der Waals surface area contributed by atoms with E-state index in [1.54, 1.807) is 59.5 Å². The Balaban J connectivity index is 1.35. The fourth-order valence-corrected chi connectivity index (χ4v) is 8.31. The zero-order valence-corrected chi connectivity index (χ0v) is 30.0. The third kappa shape index (κ3) is 7.02. The summed E-state index contributed by atoms with van der Waals surface area (Å²) in [5.74, 6) is -4.17. The number of benzene rings is 3. The molecule has 0 saturated carbocycles. The molecular formula is C41H42ClN3O8. The number of ether oxygens (including phenoxy) is 3. The number of hydrogen-bond donors (Lipinski definition) is 2. The molecule has 8 atom stereocenters. The number of esters is 1. The van der Waals surface area contributed by atoms with Gasteiger partial charge in [-0.1, -0.05) is 96.6 Å². The lowest BCUT2D eigenvalue weighted by molar-refractivity contribution is -0.162. The Hall–Kier alpha value is -4.81. The van der Waals surface area contributed by atoms with E-state index in [-0.39, 0.29) is 31.9 Å². The van der Waals surface area contributed by atoms with Crippen LogP contribution in [0, 0.1) is 11.8 Å². The quantitative estimate of drug-likeness (QED) is 0.260. The summed E-state index contributed by atoms with van der Waals surface area (Å²) in [5.41, 5.74) is 0.485. The molecule has 0 unspecified atom stereocenters. The van der Waals surface area contributed by atoms with Crippen LogP contribution in [0.15, 0.2) is 109 Å². The minimum absolute atomic E-state index is 0.0449. The van der Waals surface area contributed by atoms with Crippen molar-refractivity contribution in [2.24, 2.45) is 11.8 Å². The number of anilines is 1. The lowest BCUT2D eigenvalue weighted by Crippen LogP contribution is -2.59.